The van der Waals surface area contributed by atoms with Crippen LogP contribution in [0.1, 0.15) is 70.3 Å². The smallest absolute Gasteiger partial charge is 0.406 e. The molecule has 2 aromatic carbocycles. The number of ether oxygens (including phenoxy) is 1. The second-order valence-corrected chi connectivity index (χ2v) is 8.85. The van der Waals surface area contributed by atoms with Gasteiger partial charge in [0.15, 0.2) is 0 Å². The van der Waals surface area contributed by atoms with Crippen LogP contribution in [0.3, 0.4) is 0 Å². The van der Waals surface area contributed by atoms with E-state index in [1.165, 1.54) is 56.4 Å². The van der Waals surface area contributed by atoms with Gasteiger partial charge in [-0.15, -0.1) is 13.2 Å². The minimum atomic E-state index is -4.73. The molecule has 0 heterocycles. The minimum Gasteiger partial charge on any atom is -0.406 e. The molecule has 0 N–H and O–H groups in total. The molecule has 1 nitrogen and oxygen atoms in total. The highest BCUT2D eigenvalue weighted by Crippen LogP contribution is 2.39. The van der Waals surface area contributed by atoms with E-state index in [1.807, 2.05) is 6.07 Å². The summed E-state index contributed by atoms with van der Waals surface area (Å²) >= 11 is 0. The molecule has 0 atom stereocenters. The van der Waals surface area contributed by atoms with E-state index in [0.717, 1.165) is 30.2 Å². The topological polar surface area (TPSA) is 9.23 Å². The molecule has 1 aliphatic carbocycles. The van der Waals surface area contributed by atoms with Crippen molar-refractivity contribution >= 4 is 0 Å². The van der Waals surface area contributed by atoms with Crippen LogP contribution in [-0.4, -0.2) is 6.36 Å². The molecule has 1 fully saturated rings. The molecule has 30 heavy (non-hydrogen) atoms. The lowest BCUT2D eigenvalue weighted by Gasteiger charge is -2.29. The van der Waals surface area contributed by atoms with Gasteiger partial charge in [0, 0.05) is 5.56 Å². The molecule has 0 aromatic heterocycles. The Hall–Kier alpha value is -2.04. The standard InChI is InChI=1S/C25H30F4O/c1-17(2)4-3-5-18-6-8-19(9-7-18)21-12-15-23(24(26)16-21)20-10-13-22(14-11-20)30-25(27,28)29/h10-19H,3-9H2,1-2H3. The molecule has 0 spiro atoms. The molecule has 1 saturated carbocycles. The lowest BCUT2D eigenvalue weighted by molar-refractivity contribution is -0.274. The highest BCUT2D eigenvalue weighted by atomic mass is 19.4. The van der Waals surface area contributed by atoms with Crippen LogP contribution in [0.5, 0.6) is 5.75 Å². The van der Waals surface area contributed by atoms with Gasteiger partial charge in [-0.3, -0.25) is 0 Å². The van der Waals surface area contributed by atoms with Gasteiger partial charge < -0.3 is 4.74 Å². The average Bonchev–Trinajstić information content (AvgIpc) is 2.68. The van der Waals surface area contributed by atoms with Crippen molar-refractivity contribution in [3.8, 4) is 16.9 Å². The summed E-state index contributed by atoms with van der Waals surface area (Å²) < 4.78 is 55.5. The van der Waals surface area contributed by atoms with E-state index in [-0.39, 0.29) is 11.6 Å². The fourth-order valence-electron chi connectivity index (χ4n) is 4.45. The molecule has 0 saturated heterocycles. The molecule has 0 unspecified atom stereocenters. The third kappa shape index (κ3) is 6.48. The van der Waals surface area contributed by atoms with Crippen molar-refractivity contribution < 1.29 is 22.3 Å². The molecule has 5 heteroatoms. The summed E-state index contributed by atoms with van der Waals surface area (Å²) in [6.45, 7) is 4.53. The normalized spacial score (nSPS) is 19.8. The van der Waals surface area contributed by atoms with Gasteiger partial charge in [-0.25, -0.2) is 4.39 Å². The number of alkyl halides is 3. The number of hydrogen-bond donors (Lipinski definition) is 0. The fourth-order valence-corrected chi connectivity index (χ4v) is 4.45. The molecule has 0 amide bonds. The Balaban J connectivity index is 1.59. The van der Waals surface area contributed by atoms with E-state index in [0.29, 0.717) is 17.0 Å². The van der Waals surface area contributed by atoms with Gasteiger partial charge in [0.1, 0.15) is 11.6 Å². The average molecular weight is 423 g/mol. The first-order chi connectivity index (χ1) is 14.2. The zero-order chi connectivity index (χ0) is 21.7. The van der Waals surface area contributed by atoms with Gasteiger partial charge in [-0.2, -0.15) is 0 Å². The summed E-state index contributed by atoms with van der Waals surface area (Å²) in [6, 6.07) is 10.6. The predicted molar refractivity (Wildman–Crippen MR) is 112 cm³/mol. The largest absolute Gasteiger partial charge is 0.573 e. The third-order valence-corrected chi connectivity index (χ3v) is 6.10. The van der Waals surface area contributed by atoms with Crippen LogP contribution in [0.4, 0.5) is 17.6 Å². The first-order valence-electron chi connectivity index (χ1n) is 10.9. The van der Waals surface area contributed by atoms with Crippen molar-refractivity contribution in [3.05, 3.63) is 53.8 Å². The zero-order valence-electron chi connectivity index (χ0n) is 17.6. The van der Waals surface area contributed by atoms with Crippen molar-refractivity contribution in [3.63, 3.8) is 0 Å². The maximum atomic E-state index is 14.8. The highest BCUT2D eigenvalue weighted by molar-refractivity contribution is 5.65. The Morgan fingerprint density at radius 1 is 0.967 bits per heavy atom. The summed E-state index contributed by atoms with van der Waals surface area (Å²) in [5, 5.41) is 0. The molecule has 2 aromatic rings. The summed E-state index contributed by atoms with van der Waals surface area (Å²) in [6.07, 6.45) is 3.73. The van der Waals surface area contributed by atoms with Crippen molar-refractivity contribution in [2.24, 2.45) is 11.8 Å². The minimum absolute atomic E-state index is 0.312. The maximum absolute atomic E-state index is 14.8. The van der Waals surface area contributed by atoms with Crippen LogP contribution in [0, 0.1) is 17.7 Å². The molecular formula is C25H30F4O. The Morgan fingerprint density at radius 3 is 2.20 bits per heavy atom. The van der Waals surface area contributed by atoms with Crippen LogP contribution < -0.4 is 4.74 Å². The van der Waals surface area contributed by atoms with E-state index in [1.54, 1.807) is 12.1 Å². The summed E-state index contributed by atoms with van der Waals surface area (Å²) in [5.74, 6) is 1.29. The van der Waals surface area contributed by atoms with Gasteiger partial charge in [0.25, 0.3) is 0 Å². The molecule has 0 bridgehead atoms. The fraction of sp³-hybridized carbons (Fsp3) is 0.520. The van der Waals surface area contributed by atoms with Crippen LogP contribution in [-0.2, 0) is 0 Å². The van der Waals surface area contributed by atoms with Gasteiger partial charge >= 0.3 is 6.36 Å². The van der Waals surface area contributed by atoms with Gasteiger partial charge in [0.2, 0.25) is 0 Å². The second kappa shape index (κ2) is 9.84. The van der Waals surface area contributed by atoms with E-state index in [4.69, 9.17) is 0 Å². The Labute approximate surface area is 176 Å². The molecule has 1 aliphatic rings. The number of halogens is 4. The van der Waals surface area contributed by atoms with Crippen molar-refractivity contribution in [1.29, 1.82) is 0 Å². The van der Waals surface area contributed by atoms with Gasteiger partial charge in [0.05, 0.1) is 0 Å². The molecular weight excluding hydrogens is 392 g/mol. The first kappa shape index (κ1) is 22.6. The third-order valence-electron chi connectivity index (χ3n) is 6.10. The van der Waals surface area contributed by atoms with Crippen LogP contribution in [0.15, 0.2) is 42.5 Å². The molecule has 0 aliphatic heterocycles. The van der Waals surface area contributed by atoms with E-state index in [9.17, 15) is 17.6 Å². The highest BCUT2D eigenvalue weighted by Gasteiger charge is 2.31. The number of hydrogen-bond acceptors (Lipinski definition) is 1. The van der Waals surface area contributed by atoms with E-state index < -0.39 is 6.36 Å². The van der Waals surface area contributed by atoms with Crippen LogP contribution in [0.25, 0.3) is 11.1 Å². The first-order valence-corrected chi connectivity index (χ1v) is 10.9. The Bertz CT molecular complexity index is 803. The molecule has 164 valence electrons. The summed E-state index contributed by atoms with van der Waals surface area (Å²) in [7, 11) is 0. The lowest BCUT2D eigenvalue weighted by atomic mass is 9.76. The number of benzene rings is 2. The van der Waals surface area contributed by atoms with Crippen LogP contribution >= 0.6 is 0 Å². The number of rotatable bonds is 7. The molecule has 3 rings (SSSR count). The van der Waals surface area contributed by atoms with E-state index in [2.05, 4.69) is 18.6 Å². The predicted octanol–water partition coefficient (Wildman–Crippen LogP) is 8.49. The van der Waals surface area contributed by atoms with Crippen LogP contribution in [0.2, 0.25) is 0 Å². The van der Waals surface area contributed by atoms with Crippen molar-refractivity contribution in [1.82, 2.24) is 0 Å². The van der Waals surface area contributed by atoms with Crippen molar-refractivity contribution in [2.45, 2.75) is 71.1 Å². The van der Waals surface area contributed by atoms with Gasteiger partial charge in [-0.05, 0) is 72.8 Å². The zero-order valence-corrected chi connectivity index (χ0v) is 17.6. The Kier molecular flexibility index (Phi) is 7.43. The Morgan fingerprint density at radius 2 is 1.63 bits per heavy atom. The van der Waals surface area contributed by atoms with E-state index >= 15 is 0 Å². The van der Waals surface area contributed by atoms with Crippen molar-refractivity contribution in [2.75, 3.05) is 0 Å². The molecule has 0 radical (unpaired) electrons. The summed E-state index contributed by atoms with van der Waals surface area (Å²) in [5.41, 5.74) is 1.94. The lowest BCUT2D eigenvalue weighted by Crippen LogP contribution is -2.16. The SMILES string of the molecule is CC(C)CCCC1CCC(c2ccc(-c3ccc(OC(F)(F)F)cc3)c(F)c2)CC1. The summed E-state index contributed by atoms with van der Waals surface area (Å²) in [4.78, 5) is 0. The second-order valence-electron chi connectivity index (χ2n) is 8.85. The van der Waals surface area contributed by atoms with Gasteiger partial charge in [-0.1, -0.05) is 57.4 Å². The monoisotopic (exact) mass is 422 g/mol. The quantitative estimate of drug-likeness (QED) is 0.407. The maximum Gasteiger partial charge on any atom is 0.573 e.